The molecule has 1 aromatic heterocycles. The normalized spacial score (nSPS) is 13.2. The summed E-state index contributed by atoms with van der Waals surface area (Å²) in [6.45, 7) is 3.81. The van der Waals surface area contributed by atoms with E-state index in [2.05, 4.69) is 4.98 Å². The molecule has 2 N–H and O–H groups in total. The van der Waals surface area contributed by atoms with Crippen LogP contribution in [0.25, 0.3) is 22.4 Å². The van der Waals surface area contributed by atoms with Gasteiger partial charge in [-0.15, -0.1) is 0 Å². The maximum absolute atomic E-state index is 13.4. The fourth-order valence-electron chi connectivity index (χ4n) is 4.00. The zero-order valence-electron chi connectivity index (χ0n) is 16.4. The van der Waals surface area contributed by atoms with Crippen LogP contribution in [0.3, 0.4) is 0 Å². The van der Waals surface area contributed by atoms with Crippen LogP contribution in [0, 0.1) is 6.92 Å². The lowest BCUT2D eigenvalue weighted by atomic mass is 9.91. The van der Waals surface area contributed by atoms with Gasteiger partial charge in [-0.3, -0.25) is 9.78 Å². The Morgan fingerprint density at radius 3 is 2.70 bits per heavy atom. The van der Waals surface area contributed by atoms with Gasteiger partial charge in [0.15, 0.2) is 17.3 Å². The molecular weight excluding hydrogens is 384 g/mol. The zero-order chi connectivity index (χ0) is 21.0. The van der Waals surface area contributed by atoms with Crippen LogP contribution in [0.4, 0.5) is 5.69 Å². The molecule has 0 radical (unpaired) electrons. The maximum atomic E-state index is 13.4. The second-order valence-electron chi connectivity index (χ2n) is 7.09. The molecule has 0 unspecified atom stereocenters. The van der Waals surface area contributed by atoms with Crippen LogP contribution in [0.2, 0.25) is 0 Å². The molecule has 30 heavy (non-hydrogen) atoms. The molecule has 0 fully saturated rings. The molecule has 7 heteroatoms. The van der Waals surface area contributed by atoms with E-state index in [1.807, 2.05) is 0 Å². The Labute approximate surface area is 172 Å². The molecular formula is C23H18N2O5. The molecule has 7 nitrogen and oxygen atoms in total. The summed E-state index contributed by atoms with van der Waals surface area (Å²) in [7, 11) is 0. The van der Waals surface area contributed by atoms with Crippen LogP contribution in [0.1, 0.15) is 38.9 Å². The maximum Gasteiger partial charge on any atom is 0.340 e. The average molecular weight is 402 g/mol. The van der Waals surface area contributed by atoms with Crippen LogP contribution < -0.4 is 15.2 Å². The van der Waals surface area contributed by atoms with E-state index in [0.717, 1.165) is 0 Å². The molecule has 0 saturated heterocycles. The number of hydrogen-bond donors (Lipinski definition) is 1. The largest absolute Gasteiger partial charge is 0.462 e. The summed E-state index contributed by atoms with van der Waals surface area (Å²) in [5.41, 5.74) is 10.3. The van der Waals surface area contributed by atoms with E-state index in [9.17, 15) is 9.59 Å². The molecule has 0 saturated carbocycles. The highest BCUT2D eigenvalue weighted by molar-refractivity contribution is 6.26. The smallest absolute Gasteiger partial charge is 0.340 e. The molecule has 2 aromatic carbocycles. The fraction of sp³-hybridized carbons (Fsp3) is 0.174. The summed E-state index contributed by atoms with van der Waals surface area (Å²) in [5.74, 6) is 0.415. The molecule has 150 valence electrons. The number of carbonyl (C=O) groups excluding carboxylic acids is 2. The number of nitrogens with two attached hydrogens (primary N) is 1. The van der Waals surface area contributed by atoms with Gasteiger partial charge in [-0.1, -0.05) is 6.07 Å². The van der Waals surface area contributed by atoms with Crippen molar-refractivity contribution in [2.45, 2.75) is 13.8 Å². The molecule has 3 aromatic rings. The molecule has 1 aliphatic heterocycles. The summed E-state index contributed by atoms with van der Waals surface area (Å²) in [6.07, 6.45) is 0. The quantitative estimate of drug-likeness (QED) is 0.411. The number of carbonyl (C=O) groups is 2. The number of aryl methyl sites for hydroxylation is 1. The first-order chi connectivity index (χ1) is 14.5. The Morgan fingerprint density at radius 2 is 1.90 bits per heavy atom. The molecule has 0 atom stereocenters. The van der Waals surface area contributed by atoms with Gasteiger partial charge in [-0.05, 0) is 49.7 Å². The third-order valence-electron chi connectivity index (χ3n) is 5.29. The van der Waals surface area contributed by atoms with E-state index in [-0.39, 0.29) is 24.7 Å². The zero-order valence-corrected chi connectivity index (χ0v) is 16.4. The van der Waals surface area contributed by atoms with Crippen molar-refractivity contribution in [3.63, 3.8) is 0 Å². The van der Waals surface area contributed by atoms with Crippen molar-refractivity contribution >= 4 is 17.4 Å². The van der Waals surface area contributed by atoms with Crippen molar-refractivity contribution in [3.05, 3.63) is 58.8 Å². The third-order valence-corrected chi connectivity index (χ3v) is 5.29. The molecule has 0 spiro atoms. The molecule has 2 heterocycles. The Bertz CT molecular complexity index is 1250. The van der Waals surface area contributed by atoms with Crippen LogP contribution in [0.5, 0.6) is 11.5 Å². The van der Waals surface area contributed by atoms with Crippen molar-refractivity contribution in [1.82, 2.24) is 4.98 Å². The second kappa shape index (κ2) is 6.59. The minimum absolute atomic E-state index is 0.126. The minimum Gasteiger partial charge on any atom is -0.462 e. The summed E-state index contributed by atoms with van der Waals surface area (Å²) in [4.78, 5) is 30.9. The van der Waals surface area contributed by atoms with Gasteiger partial charge < -0.3 is 19.9 Å². The van der Waals surface area contributed by atoms with Gasteiger partial charge in [0.25, 0.3) is 0 Å². The Hall–Kier alpha value is -3.87. The van der Waals surface area contributed by atoms with Gasteiger partial charge in [0, 0.05) is 22.4 Å². The number of aromatic nitrogens is 1. The first kappa shape index (κ1) is 18.2. The van der Waals surface area contributed by atoms with E-state index in [1.54, 1.807) is 50.2 Å². The van der Waals surface area contributed by atoms with Crippen molar-refractivity contribution in [3.8, 4) is 33.9 Å². The monoisotopic (exact) mass is 402 g/mol. The summed E-state index contributed by atoms with van der Waals surface area (Å²) < 4.78 is 16.2. The Balaban J connectivity index is 1.83. The van der Waals surface area contributed by atoms with Crippen molar-refractivity contribution in [2.75, 3.05) is 19.1 Å². The number of esters is 1. The van der Waals surface area contributed by atoms with Crippen molar-refractivity contribution in [1.29, 1.82) is 0 Å². The molecule has 0 amide bonds. The Kier molecular flexibility index (Phi) is 3.99. The van der Waals surface area contributed by atoms with Gasteiger partial charge in [-0.2, -0.15) is 0 Å². The fourth-order valence-corrected chi connectivity index (χ4v) is 4.00. The highest BCUT2D eigenvalue weighted by atomic mass is 16.7. The lowest BCUT2D eigenvalue weighted by Gasteiger charge is -2.16. The lowest BCUT2D eigenvalue weighted by Crippen LogP contribution is -2.13. The third kappa shape index (κ3) is 2.55. The van der Waals surface area contributed by atoms with Gasteiger partial charge in [0.2, 0.25) is 6.79 Å². The topological polar surface area (TPSA) is 101 Å². The van der Waals surface area contributed by atoms with E-state index in [1.165, 1.54) is 0 Å². The number of fused-ring (bicyclic) bond motifs is 4. The highest BCUT2D eigenvalue weighted by Gasteiger charge is 2.36. The standard InChI is InChI=1S/C23H18N2O5/c1-3-28-23(27)18-11(2)25-21-14-6-5-13(24)9-15(14)22(26)20(21)19(18)12-4-7-16-17(8-12)30-10-29-16/h4-9H,3,10,24H2,1-2H3. The highest BCUT2D eigenvalue weighted by Crippen LogP contribution is 2.45. The summed E-state index contributed by atoms with van der Waals surface area (Å²) >= 11 is 0. The van der Waals surface area contributed by atoms with Crippen LogP contribution >= 0.6 is 0 Å². The van der Waals surface area contributed by atoms with Gasteiger partial charge in [0.1, 0.15) is 0 Å². The first-order valence-electron chi connectivity index (χ1n) is 9.56. The SMILES string of the molecule is CCOC(=O)c1c(C)nc2c(c1-c1ccc3c(c1)OCO3)C(=O)c1cc(N)ccc1-2. The predicted molar refractivity (Wildman–Crippen MR) is 110 cm³/mol. The summed E-state index contributed by atoms with van der Waals surface area (Å²) in [6, 6.07) is 10.5. The van der Waals surface area contributed by atoms with E-state index in [4.69, 9.17) is 19.9 Å². The van der Waals surface area contributed by atoms with Crippen LogP contribution in [0.15, 0.2) is 36.4 Å². The number of nitrogens with zero attached hydrogens (tertiary/aromatic N) is 1. The van der Waals surface area contributed by atoms with Gasteiger partial charge >= 0.3 is 5.97 Å². The number of benzene rings is 2. The molecule has 0 bridgehead atoms. The number of nitrogen functional groups attached to an aromatic ring is 1. The van der Waals surface area contributed by atoms with Gasteiger partial charge in [0.05, 0.1) is 29.1 Å². The van der Waals surface area contributed by atoms with Gasteiger partial charge in [-0.25, -0.2) is 4.79 Å². The number of ketones is 1. The van der Waals surface area contributed by atoms with Crippen molar-refractivity contribution < 1.29 is 23.8 Å². The first-order valence-corrected chi connectivity index (χ1v) is 9.56. The average Bonchev–Trinajstić information content (AvgIpc) is 3.29. The van der Waals surface area contributed by atoms with Crippen LogP contribution in [-0.2, 0) is 4.74 Å². The number of pyridine rings is 1. The number of rotatable bonds is 3. The molecule has 1 aliphatic carbocycles. The minimum atomic E-state index is -0.527. The summed E-state index contributed by atoms with van der Waals surface area (Å²) in [5, 5.41) is 0. The van der Waals surface area contributed by atoms with Crippen molar-refractivity contribution in [2.24, 2.45) is 0 Å². The van der Waals surface area contributed by atoms with E-state index in [0.29, 0.717) is 56.4 Å². The number of hydrogen-bond acceptors (Lipinski definition) is 7. The molecule has 5 rings (SSSR count). The lowest BCUT2D eigenvalue weighted by molar-refractivity contribution is 0.0526. The second-order valence-corrected chi connectivity index (χ2v) is 7.09. The predicted octanol–water partition coefficient (Wildman–Crippen LogP) is 3.76. The van der Waals surface area contributed by atoms with Crippen LogP contribution in [-0.4, -0.2) is 30.1 Å². The molecule has 2 aliphatic rings. The Morgan fingerprint density at radius 1 is 1.10 bits per heavy atom. The number of ether oxygens (including phenoxy) is 3. The van der Waals surface area contributed by atoms with E-state index < -0.39 is 5.97 Å². The van der Waals surface area contributed by atoms with E-state index >= 15 is 0 Å². The number of anilines is 1.